The lowest BCUT2D eigenvalue weighted by Gasteiger charge is -2.09. The minimum atomic E-state index is -4.47. The number of aliphatic carboxylic acids is 2. The summed E-state index contributed by atoms with van der Waals surface area (Å²) in [4.78, 5) is 20.8. The van der Waals surface area contributed by atoms with Crippen molar-refractivity contribution in [2.24, 2.45) is 0 Å². The number of hydrogen-bond donors (Lipinski definition) is 2. The molecule has 0 bridgehead atoms. The first-order valence-electron chi connectivity index (χ1n) is 8.21. The van der Waals surface area contributed by atoms with Gasteiger partial charge >= 0.3 is 18.1 Å². The van der Waals surface area contributed by atoms with Crippen molar-refractivity contribution in [3.8, 4) is 0 Å². The Kier molecular flexibility index (Phi) is 8.68. The van der Waals surface area contributed by atoms with Gasteiger partial charge in [0.25, 0.3) is 0 Å². The standard InChI is InChI=1S/C11H12O2.C10H7F3O2/c1-2-10(11(12)13)8-9-6-4-3-5-7-9;11-10(12,13)8-4-2-1-3-7(8)5-6-9(14)15/h3-8H,2H2,1H3,(H,12,13);1-6H,(H,14,15). The fraction of sp³-hybridized carbons (Fsp3) is 0.143. The highest BCUT2D eigenvalue weighted by Gasteiger charge is 2.32. The minimum absolute atomic E-state index is 0.160. The van der Waals surface area contributed by atoms with Crippen molar-refractivity contribution in [2.75, 3.05) is 0 Å². The maximum Gasteiger partial charge on any atom is 0.416 e. The summed E-state index contributed by atoms with van der Waals surface area (Å²) in [6.07, 6.45) is -0.637. The summed E-state index contributed by atoms with van der Waals surface area (Å²) in [6, 6.07) is 14.2. The van der Waals surface area contributed by atoms with Gasteiger partial charge < -0.3 is 10.2 Å². The van der Waals surface area contributed by atoms with E-state index in [0.29, 0.717) is 18.1 Å². The van der Waals surface area contributed by atoms with Crippen LogP contribution >= 0.6 is 0 Å². The molecule has 0 saturated carbocycles. The van der Waals surface area contributed by atoms with Gasteiger partial charge in [-0.15, -0.1) is 0 Å². The molecule has 148 valence electrons. The molecule has 7 heteroatoms. The van der Waals surface area contributed by atoms with Gasteiger partial charge in [-0.2, -0.15) is 13.2 Å². The van der Waals surface area contributed by atoms with E-state index in [9.17, 15) is 22.8 Å². The first kappa shape index (κ1) is 22.7. The minimum Gasteiger partial charge on any atom is -0.478 e. The lowest BCUT2D eigenvalue weighted by atomic mass is 10.1. The van der Waals surface area contributed by atoms with Gasteiger partial charge in [-0.3, -0.25) is 0 Å². The van der Waals surface area contributed by atoms with E-state index in [2.05, 4.69) is 0 Å². The molecule has 0 unspecified atom stereocenters. The second-order valence-corrected chi connectivity index (χ2v) is 5.50. The third-order valence-electron chi connectivity index (χ3n) is 3.47. The SMILES string of the molecule is CCC(=Cc1ccccc1)C(=O)O.O=C(O)C=Cc1ccccc1C(F)(F)F. The molecule has 2 aromatic carbocycles. The Hall–Kier alpha value is -3.35. The second kappa shape index (κ2) is 10.7. The van der Waals surface area contributed by atoms with Crippen molar-refractivity contribution >= 4 is 24.1 Å². The Morgan fingerprint density at radius 3 is 2.04 bits per heavy atom. The monoisotopic (exact) mass is 392 g/mol. The highest BCUT2D eigenvalue weighted by atomic mass is 19.4. The number of carboxylic acid groups (broad SMARTS) is 2. The zero-order valence-corrected chi connectivity index (χ0v) is 15.0. The van der Waals surface area contributed by atoms with Crippen molar-refractivity contribution in [1.29, 1.82) is 0 Å². The van der Waals surface area contributed by atoms with Crippen LogP contribution < -0.4 is 0 Å². The normalized spacial score (nSPS) is 11.6. The molecule has 2 rings (SSSR count). The Bertz CT molecular complexity index is 853. The number of halogens is 3. The predicted octanol–water partition coefficient (Wildman–Crippen LogP) is 5.37. The van der Waals surface area contributed by atoms with Crippen LogP contribution in [0.3, 0.4) is 0 Å². The molecule has 4 nitrogen and oxygen atoms in total. The van der Waals surface area contributed by atoms with Crippen LogP contribution in [-0.2, 0) is 15.8 Å². The molecule has 0 spiro atoms. The Balaban J connectivity index is 0.000000283. The predicted molar refractivity (Wildman–Crippen MR) is 100 cm³/mol. The third kappa shape index (κ3) is 7.90. The molecule has 0 heterocycles. The molecule has 0 aromatic heterocycles. The second-order valence-electron chi connectivity index (χ2n) is 5.50. The topological polar surface area (TPSA) is 74.6 Å². The summed E-state index contributed by atoms with van der Waals surface area (Å²) in [7, 11) is 0. The van der Waals surface area contributed by atoms with E-state index in [1.807, 2.05) is 37.3 Å². The van der Waals surface area contributed by atoms with Crippen LogP contribution in [0.2, 0.25) is 0 Å². The molecule has 0 amide bonds. The molecule has 0 saturated heterocycles. The summed E-state index contributed by atoms with van der Waals surface area (Å²) < 4.78 is 37.2. The fourth-order valence-electron chi connectivity index (χ4n) is 2.13. The van der Waals surface area contributed by atoms with Gasteiger partial charge in [0, 0.05) is 11.6 Å². The van der Waals surface area contributed by atoms with Crippen molar-refractivity contribution in [1.82, 2.24) is 0 Å². The summed E-state index contributed by atoms with van der Waals surface area (Å²) in [6.45, 7) is 1.84. The van der Waals surface area contributed by atoms with E-state index in [4.69, 9.17) is 10.2 Å². The quantitative estimate of drug-likeness (QED) is 0.671. The molecule has 2 N–H and O–H groups in total. The fourth-order valence-corrected chi connectivity index (χ4v) is 2.13. The summed E-state index contributed by atoms with van der Waals surface area (Å²) in [5, 5.41) is 17.1. The van der Waals surface area contributed by atoms with Gasteiger partial charge in [0.15, 0.2) is 0 Å². The first-order chi connectivity index (χ1) is 13.1. The molecule has 28 heavy (non-hydrogen) atoms. The summed E-state index contributed by atoms with van der Waals surface area (Å²) >= 11 is 0. The molecule has 0 fully saturated rings. The van der Waals surface area contributed by atoms with E-state index in [-0.39, 0.29) is 5.56 Å². The van der Waals surface area contributed by atoms with Crippen LogP contribution in [-0.4, -0.2) is 22.2 Å². The Morgan fingerprint density at radius 1 is 0.964 bits per heavy atom. The molecule has 2 aromatic rings. The highest BCUT2D eigenvalue weighted by Crippen LogP contribution is 2.32. The molecule has 0 aliphatic heterocycles. The number of carboxylic acids is 2. The van der Waals surface area contributed by atoms with Crippen molar-refractivity contribution in [3.05, 3.63) is 82.9 Å². The van der Waals surface area contributed by atoms with Crippen molar-refractivity contribution in [2.45, 2.75) is 19.5 Å². The first-order valence-corrected chi connectivity index (χ1v) is 8.21. The van der Waals surface area contributed by atoms with E-state index in [1.165, 1.54) is 18.2 Å². The van der Waals surface area contributed by atoms with Crippen LogP contribution in [0.4, 0.5) is 13.2 Å². The molecular weight excluding hydrogens is 373 g/mol. The zero-order chi connectivity index (χ0) is 21.2. The van der Waals surface area contributed by atoms with Gasteiger partial charge in [0.05, 0.1) is 5.56 Å². The molecule has 0 aliphatic carbocycles. The van der Waals surface area contributed by atoms with E-state index in [1.54, 1.807) is 6.08 Å². The van der Waals surface area contributed by atoms with Crippen LogP contribution in [0.5, 0.6) is 0 Å². The van der Waals surface area contributed by atoms with E-state index < -0.39 is 23.7 Å². The number of hydrogen-bond acceptors (Lipinski definition) is 2. The number of alkyl halides is 3. The summed E-state index contributed by atoms with van der Waals surface area (Å²) in [5.74, 6) is -2.13. The van der Waals surface area contributed by atoms with Crippen molar-refractivity contribution < 1.29 is 33.0 Å². The maximum atomic E-state index is 12.4. The highest BCUT2D eigenvalue weighted by molar-refractivity contribution is 5.92. The van der Waals surface area contributed by atoms with Gasteiger partial charge in [-0.1, -0.05) is 55.5 Å². The Labute approximate surface area is 160 Å². The van der Waals surface area contributed by atoms with E-state index in [0.717, 1.165) is 17.7 Å². The smallest absolute Gasteiger partial charge is 0.416 e. The Morgan fingerprint density at radius 2 is 1.54 bits per heavy atom. The van der Waals surface area contributed by atoms with E-state index >= 15 is 0 Å². The average Bonchev–Trinajstić information content (AvgIpc) is 2.65. The largest absolute Gasteiger partial charge is 0.478 e. The molecule has 0 aliphatic rings. The van der Waals surface area contributed by atoms with Crippen LogP contribution in [0.15, 0.2) is 66.2 Å². The van der Waals surface area contributed by atoms with Gasteiger partial charge in [-0.05, 0) is 35.8 Å². The van der Waals surface area contributed by atoms with Gasteiger partial charge in [0.1, 0.15) is 0 Å². The molecular formula is C21H19F3O4. The maximum absolute atomic E-state index is 12.4. The third-order valence-corrected chi connectivity index (χ3v) is 3.47. The van der Waals surface area contributed by atoms with Crippen LogP contribution in [0, 0.1) is 0 Å². The molecule has 0 atom stereocenters. The summed E-state index contributed by atoms with van der Waals surface area (Å²) in [5.41, 5.74) is 0.364. The van der Waals surface area contributed by atoms with Crippen LogP contribution in [0.25, 0.3) is 12.2 Å². The van der Waals surface area contributed by atoms with Gasteiger partial charge in [0.2, 0.25) is 0 Å². The number of carbonyl (C=O) groups is 2. The van der Waals surface area contributed by atoms with Gasteiger partial charge in [-0.25, -0.2) is 9.59 Å². The lowest BCUT2D eigenvalue weighted by Crippen LogP contribution is -2.06. The van der Waals surface area contributed by atoms with Crippen LogP contribution in [0.1, 0.15) is 30.0 Å². The average molecular weight is 392 g/mol. The molecule has 0 radical (unpaired) electrons. The number of rotatable bonds is 5. The number of benzene rings is 2. The lowest BCUT2D eigenvalue weighted by molar-refractivity contribution is -0.138. The van der Waals surface area contributed by atoms with Crippen molar-refractivity contribution in [3.63, 3.8) is 0 Å². The zero-order valence-electron chi connectivity index (χ0n) is 15.0.